The quantitative estimate of drug-likeness (QED) is 0.132. The summed E-state index contributed by atoms with van der Waals surface area (Å²) in [7, 11) is 0. The molecule has 0 unspecified atom stereocenters. The van der Waals surface area contributed by atoms with Crippen LogP contribution in [0.15, 0.2) is 164 Å². The fourth-order valence-electron chi connectivity index (χ4n) is 10.4. The van der Waals surface area contributed by atoms with E-state index in [1.807, 2.05) is 12.1 Å². The van der Waals surface area contributed by atoms with Gasteiger partial charge in [-0.1, -0.05) is 153 Å². The zero-order valence-corrected chi connectivity index (χ0v) is 30.9. The van der Waals surface area contributed by atoms with E-state index in [1.165, 1.54) is 92.8 Å². The molecule has 0 amide bonds. The van der Waals surface area contributed by atoms with Crippen molar-refractivity contribution in [2.75, 3.05) is 0 Å². The summed E-state index contributed by atoms with van der Waals surface area (Å²) < 4.78 is 0. The van der Waals surface area contributed by atoms with Gasteiger partial charge in [-0.15, -0.1) is 0 Å². The van der Waals surface area contributed by atoms with Crippen LogP contribution < -0.4 is 0 Å². The first kappa shape index (κ1) is 31.7. The van der Waals surface area contributed by atoms with Crippen molar-refractivity contribution in [3.8, 4) is 39.4 Å². The summed E-state index contributed by atoms with van der Waals surface area (Å²) >= 11 is 0. The van der Waals surface area contributed by atoms with E-state index in [2.05, 4.69) is 172 Å². The van der Waals surface area contributed by atoms with Crippen molar-refractivity contribution >= 4 is 64.6 Å². The van der Waals surface area contributed by atoms with Crippen LogP contribution in [-0.2, 0) is 5.41 Å². The number of benzene rings is 10. The fourth-order valence-corrected chi connectivity index (χ4v) is 10.4. The van der Waals surface area contributed by atoms with Crippen LogP contribution in [0.2, 0.25) is 0 Å². The molecule has 0 aromatic heterocycles. The van der Waals surface area contributed by atoms with Crippen molar-refractivity contribution in [1.82, 2.24) is 0 Å². The third-order valence-electron chi connectivity index (χ3n) is 13.0. The lowest BCUT2D eigenvalue weighted by atomic mass is 9.72. The van der Waals surface area contributed by atoms with Crippen LogP contribution in [0.4, 0.5) is 0 Å². The van der Waals surface area contributed by atoms with Crippen LogP contribution in [0.1, 0.15) is 43.4 Å². The first-order valence-electron chi connectivity index (χ1n) is 19.5. The highest BCUT2D eigenvalue weighted by molar-refractivity contribution is 6.27. The van der Waals surface area contributed by atoms with Gasteiger partial charge < -0.3 is 0 Å². The zero-order chi connectivity index (χ0) is 36.8. The van der Waals surface area contributed by atoms with E-state index >= 15 is 0 Å². The Morgan fingerprint density at radius 2 is 0.818 bits per heavy atom. The van der Waals surface area contributed by atoms with E-state index in [4.69, 9.17) is 0 Å². The molecular formula is C54H37N. The highest BCUT2D eigenvalue weighted by atomic mass is 14.4. The maximum absolute atomic E-state index is 9.98. The predicted molar refractivity (Wildman–Crippen MR) is 234 cm³/mol. The molecule has 258 valence electrons. The maximum atomic E-state index is 9.98. The van der Waals surface area contributed by atoms with E-state index in [9.17, 15) is 5.26 Å². The second kappa shape index (κ2) is 11.9. The minimum atomic E-state index is -0.103. The molecule has 0 atom stereocenters. The van der Waals surface area contributed by atoms with Crippen LogP contribution in [0, 0.1) is 11.3 Å². The SMILES string of the molecule is CCC1(CC)c2cc(-c3c4ccccc4c(-c4ccc(C#N)c5ccccc45)c4ccccc34)ccc2-c2cc3c4ccccc4c4ccccc4c3cc21. The first-order chi connectivity index (χ1) is 27.1. The molecule has 1 heteroatoms. The molecule has 11 rings (SSSR count). The summed E-state index contributed by atoms with van der Waals surface area (Å²) in [5.74, 6) is 0. The molecule has 0 spiro atoms. The Labute approximate surface area is 320 Å². The highest BCUT2D eigenvalue weighted by Gasteiger charge is 2.41. The summed E-state index contributed by atoms with van der Waals surface area (Å²) in [4.78, 5) is 0. The molecular weight excluding hydrogens is 663 g/mol. The van der Waals surface area contributed by atoms with Gasteiger partial charge in [-0.2, -0.15) is 5.26 Å². The second-order valence-corrected chi connectivity index (χ2v) is 15.2. The van der Waals surface area contributed by atoms with Gasteiger partial charge in [-0.05, 0) is 141 Å². The third kappa shape index (κ3) is 4.29. The maximum Gasteiger partial charge on any atom is 0.0998 e. The van der Waals surface area contributed by atoms with Crippen molar-refractivity contribution in [3.05, 3.63) is 180 Å². The Hall–Kier alpha value is -6.75. The average Bonchev–Trinajstić information content (AvgIpc) is 3.52. The molecule has 1 nitrogen and oxygen atoms in total. The largest absolute Gasteiger partial charge is 0.192 e. The molecule has 55 heavy (non-hydrogen) atoms. The fraction of sp³-hybridized carbons (Fsp3) is 0.0926. The highest BCUT2D eigenvalue weighted by Crippen LogP contribution is 2.56. The van der Waals surface area contributed by atoms with Crippen LogP contribution in [-0.4, -0.2) is 0 Å². The number of nitriles is 1. The molecule has 0 N–H and O–H groups in total. The van der Waals surface area contributed by atoms with Gasteiger partial charge in [0.05, 0.1) is 11.6 Å². The van der Waals surface area contributed by atoms with Gasteiger partial charge in [0.25, 0.3) is 0 Å². The van der Waals surface area contributed by atoms with Crippen LogP contribution in [0.5, 0.6) is 0 Å². The lowest BCUT2D eigenvalue weighted by Crippen LogP contribution is -2.23. The van der Waals surface area contributed by atoms with E-state index in [0.717, 1.165) is 29.2 Å². The third-order valence-corrected chi connectivity index (χ3v) is 13.0. The Bertz CT molecular complexity index is 3240. The molecule has 0 aliphatic heterocycles. The van der Waals surface area contributed by atoms with Crippen molar-refractivity contribution in [2.24, 2.45) is 0 Å². The molecule has 10 aromatic rings. The number of rotatable bonds is 4. The number of hydrogen-bond acceptors (Lipinski definition) is 1. The van der Waals surface area contributed by atoms with E-state index in [0.29, 0.717) is 5.56 Å². The summed E-state index contributed by atoms with van der Waals surface area (Å²) in [6, 6.07) is 62.9. The van der Waals surface area contributed by atoms with E-state index in [1.54, 1.807) is 0 Å². The molecule has 1 aliphatic rings. The van der Waals surface area contributed by atoms with Gasteiger partial charge in [0, 0.05) is 10.8 Å². The molecule has 10 aromatic carbocycles. The number of hydrogen-bond donors (Lipinski definition) is 0. The zero-order valence-electron chi connectivity index (χ0n) is 30.9. The first-order valence-corrected chi connectivity index (χ1v) is 19.5. The van der Waals surface area contributed by atoms with Crippen molar-refractivity contribution < 1.29 is 0 Å². The van der Waals surface area contributed by atoms with Crippen LogP contribution >= 0.6 is 0 Å². The van der Waals surface area contributed by atoms with Crippen molar-refractivity contribution in [1.29, 1.82) is 5.26 Å². The summed E-state index contributed by atoms with van der Waals surface area (Å²) in [5.41, 5.74) is 11.1. The van der Waals surface area contributed by atoms with Gasteiger partial charge in [0.2, 0.25) is 0 Å². The minimum absolute atomic E-state index is 0.103. The normalized spacial score (nSPS) is 13.2. The summed E-state index contributed by atoms with van der Waals surface area (Å²) in [6.07, 6.45) is 2.05. The molecule has 0 heterocycles. The number of nitrogens with zero attached hydrogens (tertiary/aromatic N) is 1. The summed E-state index contributed by atoms with van der Waals surface area (Å²) in [6.45, 7) is 4.75. The van der Waals surface area contributed by atoms with E-state index < -0.39 is 0 Å². The Morgan fingerprint density at radius 1 is 0.382 bits per heavy atom. The molecule has 0 fully saturated rings. The average molecular weight is 700 g/mol. The molecule has 0 radical (unpaired) electrons. The lowest BCUT2D eigenvalue weighted by molar-refractivity contribution is 0.491. The van der Waals surface area contributed by atoms with Crippen molar-refractivity contribution in [2.45, 2.75) is 32.1 Å². The Balaban J connectivity index is 1.19. The molecule has 0 bridgehead atoms. The standard InChI is InChI=1S/C54H37N/c1-3-54(4-2)50-29-33(25-27-41(50)49-30-47-39-19-9-7-17-37(39)38-18-8-10-20-40(38)48(47)31-51(49)54)52-42-21-11-13-23-44(42)53(45-24-14-12-22-43(45)52)46-28-26-34(32-55)35-15-5-6-16-36(35)46/h5-31H,3-4H2,1-2H3. The van der Waals surface area contributed by atoms with Crippen LogP contribution in [0.3, 0.4) is 0 Å². The second-order valence-electron chi connectivity index (χ2n) is 15.2. The Kier molecular flexibility index (Phi) is 6.86. The van der Waals surface area contributed by atoms with Gasteiger partial charge in [-0.3, -0.25) is 0 Å². The minimum Gasteiger partial charge on any atom is -0.192 e. The van der Waals surface area contributed by atoms with Crippen molar-refractivity contribution in [3.63, 3.8) is 0 Å². The monoisotopic (exact) mass is 699 g/mol. The molecule has 0 saturated heterocycles. The van der Waals surface area contributed by atoms with Gasteiger partial charge in [-0.25, -0.2) is 0 Å². The topological polar surface area (TPSA) is 23.8 Å². The van der Waals surface area contributed by atoms with E-state index in [-0.39, 0.29) is 5.41 Å². The van der Waals surface area contributed by atoms with Gasteiger partial charge in [0.1, 0.15) is 0 Å². The smallest absolute Gasteiger partial charge is 0.0998 e. The molecule has 0 saturated carbocycles. The van der Waals surface area contributed by atoms with Gasteiger partial charge >= 0.3 is 0 Å². The molecule has 1 aliphatic carbocycles. The number of fused-ring (bicyclic) bond motifs is 12. The van der Waals surface area contributed by atoms with Gasteiger partial charge in [0.15, 0.2) is 0 Å². The van der Waals surface area contributed by atoms with Crippen LogP contribution in [0.25, 0.3) is 98.0 Å². The lowest BCUT2D eigenvalue weighted by Gasteiger charge is -2.30. The Morgan fingerprint density at radius 3 is 1.36 bits per heavy atom. The predicted octanol–water partition coefficient (Wildman–Crippen LogP) is 14.9. The summed E-state index contributed by atoms with van der Waals surface area (Å²) in [5, 5.41) is 24.9.